The van der Waals surface area contributed by atoms with Crippen molar-refractivity contribution in [1.29, 1.82) is 0 Å². The van der Waals surface area contributed by atoms with Gasteiger partial charge in [0.05, 0.1) is 18.5 Å². The van der Waals surface area contributed by atoms with Crippen molar-refractivity contribution in [3.8, 4) is 5.75 Å². The normalized spacial score (nSPS) is 30.8. The first-order valence-corrected chi connectivity index (χ1v) is 6.63. The fourth-order valence-corrected chi connectivity index (χ4v) is 3.40. The van der Waals surface area contributed by atoms with E-state index >= 15 is 0 Å². The molecule has 2 saturated carbocycles. The summed E-state index contributed by atoms with van der Waals surface area (Å²) in [4.78, 5) is 4.24. The second kappa shape index (κ2) is 4.65. The van der Waals surface area contributed by atoms with Crippen molar-refractivity contribution in [3.05, 3.63) is 24.0 Å². The molecule has 1 aromatic rings. The Kier molecular flexibility index (Phi) is 3.02. The van der Waals surface area contributed by atoms with Crippen molar-refractivity contribution < 1.29 is 4.74 Å². The summed E-state index contributed by atoms with van der Waals surface area (Å²) in [7, 11) is 0. The first-order valence-electron chi connectivity index (χ1n) is 6.63. The molecule has 0 aliphatic heterocycles. The van der Waals surface area contributed by atoms with Crippen LogP contribution in [0.25, 0.3) is 0 Å². The minimum atomic E-state index is 0.493. The number of hydrogen-bond donors (Lipinski definition) is 1. The van der Waals surface area contributed by atoms with E-state index in [-0.39, 0.29) is 0 Å². The van der Waals surface area contributed by atoms with Crippen molar-refractivity contribution in [2.45, 2.75) is 32.2 Å². The van der Waals surface area contributed by atoms with Crippen LogP contribution in [0.5, 0.6) is 5.75 Å². The van der Waals surface area contributed by atoms with E-state index in [0.717, 1.165) is 35.8 Å². The summed E-state index contributed by atoms with van der Waals surface area (Å²) in [6.07, 6.45) is 7.48. The van der Waals surface area contributed by atoms with Crippen LogP contribution in [0.3, 0.4) is 0 Å². The minimum absolute atomic E-state index is 0.493. The molecule has 1 aromatic heterocycles. The van der Waals surface area contributed by atoms with Gasteiger partial charge in [0.1, 0.15) is 5.75 Å². The van der Waals surface area contributed by atoms with Crippen molar-refractivity contribution in [1.82, 2.24) is 4.98 Å². The number of nitrogens with zero attached hydrogens (tertiary/aromatic N) is 1. The van der Waals surface area contributed by atoms with Gasteiger partial charge in [0.15, 0.2) is 0 Å². The summed E-state index contributed by atoms with van der Waals surface area (Å²) in [6.45, 7) is 1.36. The van der Waals surface area contributed by atoms with Gasteiger partial charge in [0.2, 0.25) is 0 Å². The zero-order valence-corrected chi connectivity index (χ0v) is 10.1. The lowest BCUT2D eigenvalue weighted by Crippen LogP contribution is -2.18. The number of fused-ring (bicyclic) bond motifs is 2. The average Bonchev–Trinajstić information content (AvgIpc) is 2.99. The average molecular weight is 232 g/mol. The maximum absolute atomic E-state index is 5.84. The summed E-state index contributed by atoms with van der Waals surface area (Å²) in [6, 6.07) is 3.92. The molecular formula is C14H20N2O. The molecule has 3 atom stereocenters. The van der Waals surface area contributed by atoms with E-state index in [4.69, 9.17) is 10.5 Å². The topological polar surface area (TPSA) is 48.1 Å². The molecule has 2 bridgehead atoms. The van der Waals surface area contributed by atoms with Gasteiger partial charge in [-0.25, -0.2) is 0 Å². The van der Waals surface area contributed by atoms with E-state index in [2.05, 4.69) is 4.98 Å². The summed E-state index contributed by atoms with van der Waals surface area (Å²) < 4.78 is 5.84. The molecule has 0 radical (unpaired) electrons. The molecule has 0 spiro atoms. The first kappa shape index (κ1) is 11.0. The fraction of sp³-hybridized carbons (Fsp3) is 0.643. The van der Waals surface area contributed by atoms with E-state index in [1.165, 1.54) is 25.7 Å². The van der Waals surface area contributed by atoms with Crippen LogP contribution in [0.1, 0.15) is 31.4 Å². The van der Waals surface area contributed by atoms with E-state index in [1.54, 1.807) is 6.20 Å². The maximum atomic E-state index is 5.84. The molecule has 1 heterocycles. The highest BCUT2D eigenvalue weighted by atomic mass is 16.5. The molecule has 0 aromatic carbocycles. The zero-order valence-electron chi connectivity index (χ0n) is 10.1. The van der Waals surface area contributed by atoms with E-state index in [9.17, 15) is 0 Å². The Morgan fingerprint density at radius 2 is 2.24 bits per heavy atom. The van der Waals surface area contributed by atoms with Crippen molar-refractivity contribution >= 4 is 0 Å². The quantitative estimate of drug-likeness (QED) is 0.867. The van der Waals surface area contributed by atoms with Gasteiger partial charge in [-0.1, -0.05) is 6.42 Å². The third-order valence-corrected chi connectivity index (χ3v) is 4.36. The highest BCUT2D eigenvalue weighted by Gasteiger charge is 2.39. The van der Waals surface area contributed by atoms with Crippen molar-refractivity contribution in [3.63, 3.8) is 0 Å². The summed E-state index contributed by atoms with van der Waals surface area (Å²) >= 11 is 0. The third-order valence-electron chi connectivity index (χ3n) is 4.36. The molecule has 2 N–H and O–H groups in total. The zero-order chi connectivity index (χ0) is 11.7. The molecule has 3 rings (SSSR count). The molecule has 0 amide bonds. The lowest BCUT2D eigenvalue weighted by atomic mass is 9.90. The largest absolute Gasteiger partial charge is 0.492 e. The van der Waals surface area contributed by atoms with E-state index < -0.39 is 0 Å². The number of aromatic nitrogens is 1. The van der Waals surface area contributed by atoms with Gasteiger partial charge in [-0.2, -0.15) is 0 Å². The summed E-state index contributed by atoms with van der Waals surface area (Å²) in [5, 5.41) is 0. The smallest absolute Gasteiger partial charge is 0.137 e. The molecule has 3 heteroatoms. The Labute approximate surface area is 102 Å². The molecule has 2 aliphatic rings. The van der Waals surface area contributed by atoms with Crippen LogP contribution < -0.4 is 10.5 Å². The van der Waals surface area contributed by atoms with Crippen LogP contribution in [-0.4, -0.2) is 11.6 Å². The predicted octanol–water partition coefficient (Wildman–Crippen LogP) is 2.36. The van der Waals surface area contributed by atoms with Crippen molar-refractivity contribution in [2.24, 2.45) is 23.5 Å². The van der Waals surface area contributed by atoms with Crippen LogP contribution in [0.2, 0.25) is 0 Å². The second-order valence-electron chi connectivity index (χ2n) is 5.44. The Balaban J connectivity index is 1.53. The number of rotatable bonds is 4. The number of ether oxygens (including phenoxy) is 1. The number of pyridine rings is 1. The SMILES string of the molecule is NCc1ccc(OCC2CC3CCC2C3)cn1. The first-order chi connectivity index (χ1) is 8.35. The van der Waals surface area contributed by atoms with E-state index in [0.29, 0.717) is 6.54 Å². The maximum Gasteiger partial charge on any atom is 0.137 e. The Morgan fingerprint density at radius 1 is 1.29 bits per heavy atom. The van der Waals surface area contributed by atoms with Gasteiger partial charge in [-0.15, -0.1) is 0 Å². The van der Waals surface area contributed by atoms with Gasteiger partial charge >= 0.3 is 0 Å². The standard InChI is InChI=1S/C14H20N2O/c15-7-13-3-4-14(8-16-13)17-9-12-6-10-1-2-11(12)5-10/h3-4,8,10-12H,1-2,5-7,9,15H2. The van der Waals surface area contributed by atoms with Crippen LogP contribution >= 0.6 is 0 Å². The summed E-state index contributed by atoms with van der Waals surface area (Å²) in [5.41, 5.74) is 6.43. The highest BCUT2D eigenvalue weighted by molar-refractivity contribution is 5.19. The van der Waals surface area contributed by atoms with E-state index in [1.807, 2.05) is 12.1 Å². The van der Waals surface area contributed by atoms with Gasteiger partial charge in [-0.05, 0) is 49.1 Å². The lowest BCUT2D eigenvalue weighted by Gasteiger charge is -2.21. The molecular weight excluding hydrogens is 212 g/mol. The second-order valence-corrected chi connectivity index (χ2v) is 5.44. The Hall–Kier alpha value is -1.09. The van der Waals surface area contributed by atoms with Crippen LogP contribution in [0.15, 0.2) is 18.3 Å². The molecule has 3 nitrogen and oxygen atoms in total. The van der Waals surface area contributed by atoms with Gasteiger partial charge < -0.3 is 10.5 Å². The molecule has 92 valence electrons. The predicted molar refractivity (Wildman–Crippen MR) is 66.6 cm³/mol. The lowest BCUT2D eigenvalue weighted by molar-refractivity contribution is 0.194. The Bertz CT molecular complexity index is 376. The fourth-order valence-electron chi connectivity index (χ4n) is 3.40. The van der Waals surface area contributed by atoms with Crippen LogP contribution in [0, 0.1) is 17.8 Å². The molecule has 17 heavy (non-hydrogen) atoms. The third kappa shape index (κ3) is 2.29. The Morgan fingerprint density at radius 3 is 2.82 bits per heavy atom. The van der Waals surface area contributed by atoms with Crippen molar-refractivity contribution in [2.75, 3.05) is 6.61 Å². The number of hydrogen-bond acceptors (Lipinski definition) is 3. The minimum Gasteiger partial charge on any atom is -0.492 e. The van der Waals surface area contributed by atoms with Crippen LogP contribution in [0.4, 0.5) is 0 Å². The van der Waals surface area contributed by atoms with Gasteiger partial charge in [-0.3, -0.25) is 4.98 Å². The summed E-state index contributed by atoms with van der Waals surface area (Å²) in [5.74, 6) is 3.58. The number of nitrogens with two attached hydrogens (primary N) is 1. The van der Waals surface area contributed by atoms with Gasteiger partial charge in [0, 0.05) is 6.54 Å². The van der Waals surface area contributed by atoms with Crippen LogP contribution in [-0.2, 0) is 6.54 Å². The molecule has 2 aliphatic carbocycles. The molecule has 2 fully saturated rings. The van der Waals surface area contributed by atoms with Gasteiger partial charge in [0.25, 0.3) is 0 Å². The monoisotopic (exact) mass is 232 g/mol. The highest BCUT2D eigenvalue weighted by Crippen LogP contribution is 2.48. The molecule has 0 saturated heterocycles. The molecule has 3 unspecified atom stereocenters.